The van der Waals surface area contributed by atoms with Crippen LogP contribution in [0.4, 0.5) is 5.69 Å². The molecule has 20 heavy (non-hydrogen) atoms. The van der Waals surface area contributed by atoms with Gasteiger partial charge in [-0.1, -0.05) is 12.1 Å². The maximum Gasteiger partial charge on any atom is 0.326 e. The largest absolute Gasteiger partial charge is 0.481 e. The lowest BCUT2D eigenvalue weighted by molar-refractivity contribution is -0.140. The zero-order valence-corrected chi connectivity index (χ0v) is 10.7. The number of benzene rings is 1. The third-order valence-electron chi connectivity index (χ3n) is 2.69. The fraction of sp³-hybridized carbons (Fsp3) is 0.308. The normalized spacial score (nSPS) is 11.6. The van der Waals surface area contributed by atoms with E-state index in [9.17, 15) is 14.4 Å². The van der Waals surface area contributed by atoms with Gasteiger partial charge in [-0.15, -0.1) is 0 Å². The van der Waals surface area contributed by atoms with Gasteiger partial charge in [0.1, 0.15) is 6.04 Å². The Kier molecular flexibility index (Phi) is 5.52. The molecule has 0 radical (unpaired) electrons. The van der Waals surface area contributed by atoms with Crippen molar-refractivity contribution in [1.82, 2.24) is 5.32 Å². The summed E-state index contributed by atoms with van der Waals surface area (Å²) in [7, 11) is 0. The number of hydrogen-bond acceptors (Lipinski definition) is 4. The van der Waals surface area contributed by atoms with Gasteiger partial charge < -0.3 is 21.3 Å². The monoisotopic (exact) mass is 280 g/mol. The van der Waals surface area contributed by atoms with Crippen molar-refractivity contribution >= 4 is 23.5 Å². The van der Waals surface area contributed by atoms with Gasteiger partial charge in [0, 0.05) is 12.1 Å². The fourth-order valence-corrected chi connectivity index (χ4v) is 1.65. The number of hydrogen-bond donors (Lipinski definition) is 4. The van der Waals surface area contributed by atoms with Crippen LogP contribution in [0.2, 0.25) is 0 Å². The van der Waals surface area contributed by atoms with Crippen molar-refractivity contribution in [3.63, 3.8) is 0 Å². The summed E-state index contributed by atoms with van der Waals surface area (Å²) < 4.78 is 0. The van der Waals surface area contributed by atoms with E-state index < -0.39 is 23.9 Å². The van der Waals surface area contributed by atoms with Crippen molar-refractivity contribution in [3.8, 4) is 0 Å². The number of carboxylic acids is 2. The quantitative estimate of drug-likeness (QED) is 0.544. The average molecular weight is 280 g/mol. The van der Waals surface area contributed by atoms with E-state index in [1.807, 2.05) is 0 Å². The average Bonchev–Trinajstić information content (AvgIpc) is 2.37. The Labute approximate surface area is 115 Å². The van der Waals surface area contributed by atoms with E-state index in [0.29, 0.717) is 0 Å². The van der Waals surface area contributed by atoms with Crippen LogP contribution in [0.15, 0.2) is 24.3 Å². The van der Waals surface area contributed by atoms with Crippen LogP contribution < -0.4 is 11.1 Å². The van der Waals surface area contributed by atoms with Gasteiger partial charge in [0.25, 0.3) is 5.91 Å². The number of aliphatic carboxylic acids is 2. The van der Waals surface area contributed by atoms with Crippen molar-refractivity contribution in [1.29, 1.82) is 0 Å². The van der Waals surface area contributed by atoms with Crippen LogP contribution >= 0.6 is 0 Å². The maximum atomic E-state index is 11.9. The van der Waals surface area contributed by atoms with Gasteiger partial charge in [-0.2, -0.15) is 0 Å². The predicted molar refractivity (Wildman–Crippen MR) is 71.2 cm³/mol. The van der Waals surface area contributed by atoms with Crippen LogP contribution in [0.5, 0.6) is 0 Å². The van der Waals surface area contributed by atoms with Gasteiger partial charge in [-0.3, -0.25) is 9.59 Å². The molecule has 1 aromatic carbocycles. The first-order valence-electron chi connectivity index (χ1n) is 6.01. The van der Waals surface area contributed by atoms with Gasteiger partial charge in [0.05, 0.1) is 5.56 Å². The zero-order chi connectivity index (χ0) is 15.1. The topological polar surface area (TPSA) is 130 Å². The molecule has 0 bridgehead atoms. The van der Waals surface area contributed by atoms with Crippen LogP contribution in [0.3, 0.4) is 0 Å². The highest BCUT2D eigenvalue weighted by atomic mass is 16.4. The van der Waals surface area contributed by atoms with Crippen molar-refractivity contribution in [2.45, 2.75) is 25.3 Å². The number of carbonyl (C=O) groups is 3. The number of carboxylic acid groups (broad SMARTS) is 2. The summed E-state index contributed by atoms with van der Waals surface area (Å²) in [5, 5.41) is 19.9. The summed E-state index contributed by atoms with van der Waals surface area (Å²) in [5.74, 6) is -2.81. The number of nitrogens with two attached hydrogens (primary N) is 1. The second kappa shape index (κ2) is 7.13. The number of nitrogens with one attached hydrogen (secondary N) is 1. The molecule has 0 unspecified atom stereocenters. The lowest BCUT2D eigenvalue weighted by Gasteiger charge is -2.14. The Morgan fingerprint density at radius 2 is 1.85 bits per heavy atom. The third-order valence-corrected chi connectivity index (χ3v) is 2.69. The summed E-state index contributed by atoms with van der Waals surface area (Å²) in [6.45, 7) is 0. The number of carbonyl (C=O) groups excluding carboxylic acids is 1. The molecule has 1 atom stereocenters. The molecule has 0 aliphatic heterocycles. The molecule has 0 aliphatic carbocycles. The second-order valence-electron chi connectivity index (χ2n) is 4.24. The molecule has 0 heterocycles. The first kappa shape index (κ1) is 15.5. The maximum absolute atomic E-state index is 11.9. The summed E-state index contributed by atoms with van der Waals surface area (Å²) in [6, 6.07) is 5.16. The lowest BCUT2D eigenvalue weighted by Crippen LogP contribution is -2.41. The molecule has 1 rings (SSSR count). The Morgan fingerprint density at radius 3 is 2.40 bits per heavy atom. The van der Waals surface area contributed by atoms with Crippen LogP contribution in [-0.2, 0) is 9.59 Å². The molecular formula is C13H16N2O5. The Hall–Kier alpha value is -2.57. The number of amides is 1. The van der Waals surface area contributed by atoms with E-state index in [0.717, 1.165) is 0 Å². The SMILES string of the molecule is Nc1ccccc1C(=O)N[C@H](CCCC(=O)O)C(=O)O. The summed E-state index contributed by atoms with van der Waals surface area (Å²) in [5.41, 5.74) is 6.07. The van der Waals surface area contributed by atoms with Gasteiger partial charge in [0.2, 0.25) is 0 Å². The zero-order valence-electron chi connectivity index (χ0n) is 10.7. The van der Waals surface area contributed by atoms with E-state index >= 15 is 0 Å². The van der Waals surface area contributed by atoms with E-state index in [1.165, 1.54) is 12.1 Å². The molecule has 7 nitrogen and oxygen atoms in total. The lowest BCUT2D eigenvalue weighted by atomic mass is 10.1. The molecule has 0 saturated carbocycles. The van der Waals surface area contributed by atoms with E-state index in [1.54, 1.807) is 12.1 Å². The molecule has 7 heteroatoms. The number of rotatable bonds is 7. The van der Waals surface area contributed by atoms with Crippen molar-refractivity contribution in [2.75, 3.05) is 5.73 Å². The third kappa shape index (κ3) is 4.60. The molecular weight excluding hydrogens is 264 g/mol. The fourth-order valence-electron chi connectivity index (χ4n) is 1.65. The van der Waals surface area contributed by atoms with Gasteiger partial charge in [0.15, 0.2) is 0 Å². The number of nitrogen functional groups attached to an aromatic ring is 1. The Morgan fingerprint density at radius 1 is 1.20 bits per heavy atom. The van der Waals surface area contributed by atoms with E-state index in [2.05, 4.69) is 5.32 Å². The van der Waals surface area contributed by atoms with Crippen LogP contribution in [-0.4, -0.2) is 34.1 Å². The molecule has 0 aliphatic rings. The molecule has 0 aromatic heterocycles. The highest BCUT2D eigenvalue weighted by Crippen LogP contribution is 2.11. The Balaban J connectivity index is 2.66. The molecule has 0 fully saturated rings. The van der Waals surface area contributed by atoms with Crippen LogP contribution in [0.25, 0.3) is 0 Å². The molecule has 1 aromatic rings. The molecule has 5 N–H and O–H groups in total. The predicted octanol–water partition coefficient (Wildman–Crippen LogP) is 0.707. The summed E-state index contributed by atoms with van der Waals surface area (Å²) in [6.07, 6.45) is 0.0596. The van der Waals surface area contributed by atoms with Crippen molar-refractivity contribution in [2.24, 2.45) is 0 Å². The minimum absolute atomic E-state index is 0.0418. The van der Waals surface area contributed by atoms with Crippen molar-refractivity contribution in [3.05, 3.63) is 29.8 Å². The van der Waals surface area contributed by atoms with Crippen LogP contribution in [0.1, 0.15) is 29.6 Å². The first-order chi connectivity index (χ1) is 9.41. The van der Waals surface area contributed by atoms with Gasteiger partial charge >= 0.3 is 11.9 Å². The smallest absolute Gasteiger partial charge is 0.326 e. The highest BCUT2D eigenvalue weighted by Gasteiger charge is 2.21. The number of anilines is 1. The standard InChI is InChI=1S/C13H16N2O5/c14-9-5-2-1-4-8(9)12(18)15-10(13(19)20)6-3-7-11(16)17/h1-2,4-5,10H,3,6-7,14H2,(H,15,18)(H,16,17)(H,19,20)/t10-/m1/s1. The van der Waals surface area contributed by atoms with E-state index in [-0.39, 0.29) is 30.5 Å². The van der Waals surface area contributed by atoms with Crippen molar-refractivity contribution < 1.29 is 24.6 Å². The Bertz CT molecular complexity index is 515. The second-order valence-corrected chi connectivity index (χ2v) is 4.24. The molecule has 0 saturated heterocycles. The summed E-state index contributed by atoms with van der Waals surface area (Å²) >= 11 is 0. The van der Waals surface area contributed by atoms with E-state index in [4.69, 9.17) is 15.9 Å². The minimum atomic E-state index is -1.21. The van der Waals surface area contributed by atoms with Crippen LogP contribution in [0, 0.1) is 0 Å². The minimum Gasteiger partial charge on any atom is -0.481 e. The highest BCUT2D eigenvalue weighted by molar-refractivity contribution is 6.00. The van der Waals surface area contributed by atoms with Gasteiger partial charge in [-0.05, 0) is 25.0 Å². The first-order valence-corrected chi connectivity index (χ1v) is 6.01. The summed E-state index contributed by atoms with van der Waals surface area (Å²) in [4.78, 5) is 33.3. The molecule has 0 spiro atoms. The molecule has 1 amide bonds. The molecule has 108 valence electrons. The van der Waals surface area contributed by atoms with Gasteiger partial charge in [-0.25, -0.2) is 4.79 Å². The number of para-hydroxylation sites is 1.